The maximum Gasteiger partial charge on any atom is 0.258 e. The molecule has 29 heavy (non-hydrogen) atoms. The number of anilines is 2. The summed E-state index contributed by atoms with van der Waals surface area (Å²) in [4.78, 5) is 20.5. The number of nitrogens with one attached hydrogen (secondary N) is 2. The van der Waals surface area contributed by atoms with Gasteiger partial charge in [0.15, 0.2) is 0 Å². The fourth-order valence-corrected chi connectivity index (χ4v) is 3.94. The molecule has 0 saturated heterocycles. The zero-order valence-electron chi connectivity index (χ0n) is 16.0. The molecule has 2 N–H and O–H groups in total. The van der Waals surface area contributed by atoms with Gasteiger partial charge < -0.3 is 14.9 Å². The van der Waals surface area contributed by atoms with Crippen LogP contribution in [0, 0.1) is 6.92 Å². The first-order valence-electron chi connectivity index (χ1n) is 8.90. The van der Waals surface area contributed by atoms with Gasteiger partial charge in [0.05, 0.1) is 32.2 Å². The van der Waals surface area contributed by atoms with Crippen LogP contribution >= 0.6 is 23.2 Å². The molecule has 0 unspecified atom stereocenters. The summed E-state index contributed by atoms with van der Waals surface area (Å²) in [6.45, 7) is 2.29. The second-order valence-electron chi connectivity index (χ2n) is 6.63. The monoisotopic (exact) mass is 428 g/mol. The van der Waals surface area contributed by atoms with Crippen LogP contribution in [0.15, 0.2) is 45.4 Å². The minimum atomic E-state index is -0.192. The van der Waals surface area contributed by atoms with Gasteiger partial charge >= 0.3 is 0 Å². The number of imidazole rings is 1. The fourth-order valence-electron chi connectivity index (χ4n) is 3.44. The summed E-state index contributed by atoms with van der Waals surface area (Å²) >= 11 is 12.6. The first kappa shape index (κ1) is 19.4. The van der Waals surface area contributed by atoms with E-state index in [1.807, 2.05) is 30.7 Å². The molecule has 0 saturated carbocycles. The fraction of sp³-hybridized carbons (Fsp3) is 0.200. The van der Waals surface area contributed by atoms with Crippen LogP contribution in [0.4, 0.5) is 11.6 Å². The van der Waals surface area contributed by atoms with Crippen LogP contribution in [-0.2, 0) is 13.6 Å². The first-order valence-corrected chi connectivity index (χ1v) is 9.65. The van der Waals surface area contributed by atoms with E-state index in [2.05, 4.69) is 25.5 Å². The molecule has 7 nitrogen and oxygen atoms in total. The van der Waals surface area contributed by atoms with Gasteiger partial charge in [-0.05, 0) is 36.1 Å². The van der Waals surface area contributed by atoms with Gasteiger partial charge in [0.2, 0.25) is 5.95 Å². The summed E-state index contributed by atoms with van der Waals surface area (Å²) in [5.74, 6) is 0.531. The van der Waals surface area contributed by atoms with E-state index >= 15 is 0 Å². The molecule has 0 spiro atoms. The Morgan fingerprint density at radius 1 is 1.21 bits per heavy atom. The molecule has 0 bridgehead atoms. The number of hydrogen-bond acceptors (Lipinski definition) is 5. The van der Waals surface area contributed by atoms with Gasteiger partial charge in [0, 0.05) is 19.8 Å². The zero-order chi connectivity index (χ0) is 20.7. The number of nitrogens with zero attached hydrogens (tertiary/aromatic N) is 4. The van der Waals surface area contributed by atoms with Crippen molar-refractivity contribution in [2.75, 3.05) is 12.4 Å². The molecule has 0 aliphatic rings. The molecule has 9 heteroatoms. The van der Waals surface area contributed by atoms with Crippen molar-refractivity contribution in [2.45, 2.75) is 13.5 Å². The topological polar surface area (TPSA) is 87.4 Å². The van der Waals surface area contributed by atoms with Gasteiger partial charge in [-0.15, -0.1) is 0 Å². The van der Waals surface area contributed by atoms with E-state index < -0.39 is 0 Å². The predicted octanol–water partition coefficient (Wildman–Crippen LogP) is 5.36. The number of benzene rings is 2. The Balaban J connectivity index is 1.94. The van der Waals surface area contributed by atoms with Gasteiger partial charge in [0.25, 0.3) is 5.56 Å². The molecule has 2 aromatic heterocycles. The third kappa shape index (κ3) is 3.26. The van der Waals surface area contributed by atoms with Crippen molar-refractivity contribution < 1.29 is 0 Å². The van der Waals surface area contributed by atoms with Gasteiger partial charge in [-0.2, -0.15) is 10.2 Å². The van der Waals surface area contributed by atoms with E-state index in [1.165, 1.54) is 0 Å². The smallest absolute Gasteiger partial charge is 0.258 e. The van der Waals surface area contributed by atoms with Crippen LogP contribution < -0.4 is 10.9 Å². The van der Waals surface area contributed by atoms with Crippen molar-refractivity contribution in [3.8, 4) is 0 Å². The Labute approximate surface area is 176 Å². The first-order chi connectivity index (χ1) is 13.9. The Morgan fingerprint density at radius 2 is 1.93 bits per heavy atom. The number of fused-ring (bicyclic) bond motifs is 3. The average molecular weight is 429 g/mol. The molecular weight excluding hydrogens is 411 g/mol. The number of para-hydroxylation sites is 1. The number of aromatic amines is 1. The molecule has 0 amide bonds. The number of azo groups is 1. The molecule has 0 fully saturated rings. The minimum absolute atomic E-state index is 0.192. The van der Waals surface area contributed by atoms with Crippen molar-refractivity contribution in [3.63, 3.8) is 0 Å². The summed E-state index contributed by atoms with van der Waals surface area (Å²) in [6, 6.07) is 9.08. The maximum absolute atomic E-state index is 12.9. The molecule has 2 heterocycles. The molecule has 0 aliphatic heterocycles. The molecule has 148 valence electrons. The van der Waals surface area contributed by atoms with E-state index in [-0.39, 0.29) is 5.56 Å². The largest absolute Gasteiger partial charge is 0.323 e. The second-order valence-corrected chi connectivity index (χ2v) is 7.44. The number of rotatable bonds is 4. The van der Waals surface area contributed by atoms with Crippen molar-refractivity contribution in [2.24, 2.45) is 17.3 Å². The van der Waals surface area contributed by atoms with Crippen molar-refractivity contribution in [1.29, 1.82) is 0 Å². The maximum atomic E-state index is 12.9. The predicted molar refractivity (Wildman–Crippen MR) is 118 cm³/mol. The highest BCUT2D eigenvalue weighted by molar-refractivity contribution is 6.39. The van der Waals surface area contributed by atoms with Crippen LogP contribution in [0.1, 0.15) is 11.3 Å². The quantitative estimate of drug-likeness (QED) is 0.429. The lowest BCUT2D eigenvalue weighted by Crippen LogP contribution is -2.12. The number of H-pyrrole nitrogens is 1. The van der Waals surface area contributed by atoms with Gasteiger partial charge in [0.1, 0.15) is 6.54 Å². The van der Waals surface area contributed by atoms with Crippen LogP contribution in [0.5, 0.6) is 0 Å². The van der Waals surface area contributed by atoms with Crippen LogP contribution in [-0.4, -0.2) is 21.6 Å². The highest BCUT2D eigenvalue weighted by Crippen LogP contribution is 2.34. The lowest BCUT2D eigenvalue weighted by Gasteiger charge is -2.11. The molecule has 4 rings (SSSR count). The summed E-state index contributed by atoms with van der Waals surface area (Å²) in [7, 11) is 3.45. The van der Waals surface area contributed by atoms with E-state index in [1.54, 1.807) is 25.2 Å². The molecule has 0 aliphatic carbocycles. The van der Waals surface area contributed by atoms with E-state index in [4.69, 9.17) is 23.2 Å². The van der Waals surface area contributed by atoms with E-state index in [0.717, 1.165) is 22.2 Å². The Kier molecular flexibility index (Phi) is 5.02. The van der Waals surface area contributed by atoms with Gasteiger partial charge in [-0.25, -0.2) is 4.98 Å². The second kappa shape index (κ2) is 7.50. The Morgan fingerprint density at radius 3 is 2.62 bits per heavy atom. The minimum Gasteiger partial charge on any atom is -0.323 e. The molecule has 2 aromatic carbocycles. The number of hydrogen-bond donors (Lipinski definition) is 2. The molecule has 0 radical (unpaired) electrons. The van der Waals surface area contributed by atoms with E-state index in [0.29, 0.717) is 39.1 Å². The Bertz CT molecular complexity index is 1320. The lowest BCUT2D eigenvalue weighted by molar-refractivity contribution is 0.883. The van der Waals surface area contributed by atoms with Crippen LogP contribution in [0.3, 0.4) is 0 Å². The summed E-state index contributed by atoms with van der Waals surface area (Å²) in [5, 5.41) is 13.3. The van der Waals surface area contributed by atoms with Crippen LogP contribution in [0.2, 0.25) is 10.0 Å². The highest BCUT2D eigenvalue weighted by atomic mass is 35.5. The number of pyridine rings is 1. The van der Waals surface area contributed by atoms with E-state index in [9.17, 15) is 4.79 Å². The lowest BCUT2D eigenvalue weighted by atomic mass is 10.0. The third-order valence-corrected chi connectivity index (χ3v) is 5.58. The van der Waals surface area contributed by atoms with Gasteiger partial charge in [-0.1, -0.05) is 35.3 Å². The van der Waals surface area contributed by atoms with Crippen molar-refractivity contribution >= 4 is 56.6 Å². The standard InChI is InChI=1S/C20H18Cl2N6O/c1-10-11-7-8-14-18(16(11)19(29)25-15(10)9-24-23-2)28(3)20(26-14)27-17-12(21)5-4-6-13(17)22/h4-8H,9H2,1-3H3,(H,25,29)(H,26,27). The zero-order valence-corrected chi connectivity index (χ0v) is 17.6. The number of aromatic nitrogens is 3. The molecule has 4 aromatic rings. The average Bonchev–Trinajstić information content (AvgIpc) is 3.02. The summed E-state index contributed by atoms with van der Waals surface area (Å²) < 4.78 is 1.83. The van der Waals surface area contributed by atoms with Crippen LogP contribution in [0.25, 0.3) is 21.8 Å². The molecular formula is C20H18Cl2N6O. The Hall–Kier alpha value is -2.90. The normalized spacial score (nSPS) is 11.8. The number of aryl methyl sites for hydroxylation is 2. The number of halogens is 2. The summed E-state index contributed by atoms with van der Waals surface area (Å²) in [5.41, 5.74) is 3.49. The van der Waals surface area contributed by atoms with Gasteiger partial charge in [-0.3, -0.25) is 4.79 Å². The summed E-state index contributed by atoms with van der Waals surface area (Å²) in [6.07, 6.45) is 0. The molecule has 0 atom stereocenters. The SMILES string of the molecule is CN=NCc1[nH]c(=O)c2c(ccc3nc(Nc4c(Cl)cccc4Cl)n(C)c32)c1C. The highest BCUT2D eigenvalue weighted by Gasteiger charge is 2.17. The van der Waals surface area contributed by atoms with Crippen molar-refractivity contribution in [3.05, 3.63) is 62.0 Å². The third-order valence-electron chi connectivity index (χ3n) is 4.95. The van der Waals surface area contributed by atoms with Crippen molar-refractivity contribution in [1.82, 2.24) is 14.5 Å².